The van der Waals surface area contributed by atoms with Crippen molar-refractivity contribution in [2.75, 3.05) is 32.6 Å². The average Bonchev–Trinajstić information content (AvgIpc) is 2.75. The van der Waals surface area contributed by atoms with Crippen molar-refractivity contribution in [1.29, 1.82) is 0 Å². The van der Waals surface area contributed by atoms with Crippen LogP contribution in [0.15, 0.2) is 0 Å². The van der Waals surface area contributed by atoms with Gasteiger partial charge in [-0.25, -0.2) is 0 Å². The van der Waals surface area contributed by atoms with E-state index in [1.165, 1.54) is 4.90 Å². The van der Waals surface area contributed by atoms with E-state index in [1.807, 2.05) is 27.7 Å². The third kappa shape index (κ3) is 2.52. The van der Waals surface area contributed by atoms with E-state index in [0.29, 0.717) is 6.29 Å². The van der Waals surface area contributed by atoms with Crippen LogP contribution in [0.25, 0.3) is 0 Å². The Labute approximate surface area is 120 Å². The van der Waals surface area contributed by atoms with E-state index in [2.05, 4.69) is 0 Å². The molecule has 0 bridgehead atoms. The van der Waals surface area contributed by atoms with Gasteiger partial charge >= 0.3 is 120 Å². The summed E-state index contributed by atoms with van der Waals surface area (Å²) in [4.78, 5) is 1.39. The Hall–Kier alpha value is 0.190. The van der Waals surface area contributed by atoms with E-state index < -0.39 is 7.51 Å². The predicted molar refractivity (Wildman–Crippen MR) is 75.5 cm³/mol. The van der Waals surface area contributed by atoms with Crippen LogP contribution in [0.4, 0.5) is 0 Å². The first-order valence-electron chi connectivity index (χ1n) is 7.60. The van der Waals surface area contributed by atoms with E-state index in [1.54, 1.807) is 0 Å². The molecule has 0 aromatic carbocycles. The fourth-order valence-electron chi connectivity index (χ4n) is 3.11. The Morgan fingerprint density at radius 3 is 1.60 bits per heavy atom. The van der Waals surface area contributed by atoms with Gasteiger partial charge in [0.15, 0.2) is 0 Å². The summed E-state index contributed by atoms with van der Waals surface area (Å²) in [7, 11) is -3.44. The predicted octanol–water partition coefficient (Wildman–Crippen LogP) is 0.720. The van der Waals surface area contributed by atoms with Crippen molar-refractivity contribution in [1.82, 2.24) is 0 Å². The van der Waals surface area contributed by atoms with Crippen LogP contribution < -0.4 is 4.90 Å². The quantitative estimate of drug-likeness (QED) is 0.762. The second-order valence-corrected chi connectivity index (χ2v) is 9.31. The van der Waals surface area contributed by atoms with Gasteiger partial charge < -0.3 is 0 Å². The summed E-state index contributed by atoms with van der Waals surface area (Å²) < 4.78 is 30.4. The number of hydrogen-bond donors (Lipinski definition) is 1. The van der Waals surface area contributed by atoms with Crippen molar-refractivity contribution >= 4 is 7.51 Å². The van der Waals surface area contributed by atoms with Crippen LogP contribution in [0.5, 0.6) is 0 Å². The molecule has 20 heavy (non-hydrogen) atoms. The molecule has 4 atom stereocenters. The SMILES string of the molecule is C[C@@H]1OP2(C[NH+]3CCOCC3)(O[C@@H]1C)O[C@H](C)[C@@H](C)O2. The normalized spacial score (nSPS) is 46.3. The molecule has 0 aliphatic carbocycles. The first kappa shape index (κ1) is 15.1. The Morgan fingerprint density at radius 1 is 0.800 bits per heavy atom. The first-order valence-corrected chi connectivity index (χ1v) is 9.70. The van der Waals surface area contributed by atoms with Crippen LogP contribution in [0.1, 0.15) is 27.7 Å². The van der Waals surface area contributed by atoms with Crippen molar-refractivity contribution < 1.29 is 27.7 Å². The molecule has 7 heteroatoms. The molecular formula is C13H27NO5P+. The summed E-state index contributed by atoms with van der Waals surface area (Å²) in [6.07, 6.45) is 0.686. The van der Waals surface area contributed by atoms with E-state index in [0.717, 1.165) is 26.3 Å². The molecule has 3 heterocycles. The number of ether oxygens (including phenoxy) is 1. The molecule has 0 aromatic heterocycles. The molecule has 3 rings (SSSR count). The monoisotopic (exact) mass is 308 g/mol. The maximum atomic E-state index is 6.26. The zero-order valence-corrected chi connectivity index (χ0v) is 13.7. The number of morpholine rings is 1. The summed E-state index contributed by atoms with van der Waals surface area (Å²) in [5.74, 6) is 0. The summed E-state index contributed by atoms with van der Waals surface area (Å²) in [6, 6.07) is 0. The van der Waals surface area contributed by atoms with Crippen molar-refractivity contribution in [2.45, 2.75) is 52.1 Å². The van der Waals surface area contributed by atoms with Gasteiger partial charge in [0.25, 0.3) is 0 Å². The molecule has 3 fully saturated rings. The van der Waals surface area contributed by atoms with Gasteiger partial charge in [0.05, 0.1) is 0 Å². The van der Waals surface area contributed by atoms with Crippen LogP contribution in [0, 0.1) is 0 Å². The third-order valence-corrected chi connectivity index (χ3v) is 8.41. The topological polar surface area (TPSA) is 50.6 Å². The molecule has 0 amide bonds. The van der Waals surface area contributed by atoms with Crippen LogP contribution in [0.2, 0.25) is 0 Å². The molecular weight excluding hydrogens is 281 g/mol. The van der Waals surface area contributed by atoms with Gasteiger partial charge in [0, 0.05) is 0 Å². The van der Waals surface area contributed by atoms with Crippen molar-refractivity contribution in [2.24, 2.45) is 0 Å². The van der Waals surface area contributed by atoms with Crippen LogP contribution in [-0.4, -0.2) is 57.0 Å². The van der Waals surface area contributed by atoms with Crippen LogP contribution in [-0.2, 0) is 22.8 Å². The van der Waals surface area contributed by atoms with Gasteiger partial charge in [-0.15, -0.1) is 0 Å². The fraction of sp³-hybridized carbons (Fsp3) is 1.00. The van der Waals surface area contributed by atoms with Crippen LogP contribution >= 0.6 is 7.51 Å². The van der Waals surface area contributed by atoms with E-state index in [4.69, 9.17) is 22.8 Å². The summed E-state index contributed by atoms with van der Waals surface area (Å²) >= 11 is 0. The molecule has 0 saturated carbocycles. The second kappa shape index (κ2) is 5.13. The molecule has 3 saturated heterocycles. The molecule has 0 unspecified atom stereocenters. The average molecular weight is 308 g/mol. The van der Waals surface area contributed by atoms with Gasteiger partial charge in [0.2, 0.25) is 0 Å². The molecule has 1 N–H and O–H groups in total. The third-order valence-electron chi connectivity index (χ3n) is 4.48. The maximum absolute atomic E-state index is 6.26. The number of rotatable bonds is 2. The minimum absolute atomic E-state index is 0.00519. The molecule has 3 aliphatic heterocycles. The van der Waals surface area contributed by atoms with E-state index in [-0.39, 0.29) is 24.4 Å². The molecule has 6 nitrogen and oxygen atoms in total. The number of hydrogen-bond acceptors (Lipinski definition) is 5. The standard InChI is InChI=1S/C13H26NO5P/c1-10-11(2)17-20(16-10,18-12(3)13(4)19-20)9-14-5-7-15-8-6-14/h10-13H,5-9H2,1-4H3/p+1/t10-,11-,12-,13+/m1/s1. The molecule has 3 aliphatic rings. The van der Waals surface area contributed by atoms with E-state index >= 15 is 0 Å². The summed E-state index contributed by atoms with van der Waals surface area (Å²) in [5.41, 5.74) is 0. The van der Waals surface area contributed by atoms with Gasteiger partial charge in [-0.1, -0.05) is 0 Å². The van der Waals surface area contributed by atoms with Gasteiger partial charge in [-0.05, 0) is 0 Å². The fourth-order valence-corrected chi connectivity index (χ4v) is 8.01. The van der Waals surface area contributed by atoms with Crippen molar-refractivity contribution in [3.8, 4) is 0 Å². The zero-order valence-electron chi connectivity index (χ0n) is 12.8. The minimum atomic E-state index is -3.44. The van der Waals surface area contributed by atoms with Crippen LogP contribution in [0.3, 0.4) is 0 Å². The zero-order chi connectivity index (χ0) is 14.4. The van der Waals surface area contributed by atoms with Crippen molar-refractivity contribution in [3.63, 3.8) is 0 Å². The molecule has 0 radical (unpaired) electrons. The molecule has 0 aromatic rings. The summed E-state index contributed by atoms with van der Waals surface area (Å²) in [5, 5.41) is 0. The van der Waals surface area contributed by atoms with Crippen molar-refractivity contribution in [3.05, 3.63) is 0 Å². The first-order chi connectivity index (χ1) is 9.41. The Balaban J connectivity index is 1.85. The number of quaternary nitrogens is 1. The number of nitrogens with one attached hydrogen (secondary N) is 1. The van der Waals surface area contributed by atoms with E-state index in [9.17, 15) is 0 Å². The Morgan fingerprint density at radius 2 is 1.20 bits per heavy atom. The summed E-state index contributed by atoms with van der Waals surface area (Å²) in [6.45, 7) is 11.6. The van der Waals surface area contributed by atoms with Gasteiger partial charge in [-0.3, -0.25) is 0 Å². The Kier molecular flexibility index (Phi) is 3.87. The molecule has 118 valence electrons. The van der Waals surface area contributed by atoms with Gasteiger partial charge in [0.1, 0.15) is 0 Å². The second-order valence-electron chi connectivity index (χ2n) is 6.23. The Bertz CT molecular complexity index is 324. The molecule has 1 spiro atoms. The van der Waals surface area contributed by atoms with Gasteiger partial charge in [-0.2, -0.15) is 0 Å².